The quantitative estimate of drug-likeness (QED) is 0.656. The van der Waals surface area contributed by atoms with E-state index in [4.69, 9.17) is 0 Å². The molecule has 2 nitrogen and oxygen atoms in total. The Hall–Kier alpha value is -1.76. The molecule has 0 bridgehead atoms. The Balaban J connectivity index is 0.00000106. The highest BCUT2D eigenvalue weighted by Crippen LogP contribution is 2.15. The normalized spacial score (nSPS) is 9.10. The maximum absolute atomic E-state index is 4.00. The average Bonchev–Trinajstić information content (AvgIpc) is 2.57. The van der Waals surface area contributed by atoms with Gasteiger partial charge in [-0.2, -0.15) is 0 Å². The highest BCUT2D eigenvalue weighted by molar-refractivity contribution is 7.97. The van der Waals surface area contributed by atoms with Crippen molar-refractivity contribution >= 4 is 11.9 Å². The molecule has 1 N–H and O–H groups in total. The summed E-state index contributed by atoms with van der Waals surface area (Å²) in [6, 6.07) is 12.3. The maximum Gasteiger partial charge on any atom is 0.0314 e. The van der Waals surface area contributed by atoms with Gasteiger partial charge in [0.15, 0.2) is 0 Å². The Kier molecular flexibility index (Phi) is 9.03. The molecular weight excluding hydrogens is 276 g/mol. The molecule has 0 atom stereocenters. The van der Waals surface area contributed by atoms with Gasteiger partial charge in [0.1, 0.15) is 0 Å². The number of aromatic nitrogens is 1. The van der Waals surface area contributed by atoms with Gasteiger partial charge in [0.2, 0.25) is 0 Å². The molecule has 0 aliphatic carbocycles. The van der Waals surface area contributed by atoms with Gasteiger partial charge in [-0.15, -0.1) is 0 Å². The van der Waals surface area contributed by atoms with Gasteiger partial charge in [-0.25, -0.2) is 0 Å². The van der Waals surface area contributed by atoms with Crippen LogP contribution >= 0.6 is 11.9 Å². The van der Waals surface area contributed by atoms with E-state index < -0.39 is 0 Å². The zero-order valence-electron chi connectivity index (χ0n) is 12.9. The molecule has 0 aliphatic heterocycles. The summed E-state index contributed by atoms with van der Waals surface area (Å²) in [5, 5.41) is 0. The van der Waals surface area contributed by atoms with Crippen LogP contribution in [0.25, 0.3) is 0 Å². The molecular formula is C18H22N2S. The summed E-state index contributed by atoms with van der Waals surface area (Å²) >= 11 is 1.63. The van der Waals surface area contributed by atoms with E-state index in [0.29, 0.717) is 0 Å². The van der Waals surface area contributed by atoms with E-state index in [1.54, 1.807) is 11.9 Å². The molecule has 0 spiro atoms. The van der Waals surface area contributed by atoms with Crippen LogP contribution in [-0.4, -0.2) is 4.98 Å². The Morgan fingerprint density at radius 1 is 1.05 bits per heavy atom. The molecule has 1 aromatic carbocycles. The first-order valence-corrected chi connectivity index (χ1v) is 8.07. The van der Waals surface area contributed by atoms with Crippen molar-refractivity contribution < 1.29 is 0 Å². The van der Waals surface area contributed by atoms with Gasteiger partial charge in [0, 0.05) is 35.8 Å². The average molecular weight is 298 g/mol. The van der Waals surface area contributed by atoms with Crippen LogP contribution in [0.15, 0.2) is 53.7 Å². The number of nitrogens with zero attached hydrogens (tertiary/aromatic N) is 1. The fourth-order valence-corrected chi connectivity index (χ4v) is 2.18. The van der Waals surface area contributed by atoms with Crippen LogP contribution in [-0.2, 0) is 6.54 Å². The summed E-state index contributed by atoms with van der Waals surface area (Å²) in [5.74, 6) is 6.19. The monoisotopic (exact) mass is 298 g/mol. The van der Waals surface area contributed by atoms with Crippen molar-refractivity contribution in [2.45, 2.75) is 38.6 Å². The van der Waals surface area contributed by atoms with Gasteiger partial charge in [-0.3, -0.25) is 9.71 Å². The van der Waals surface area contributed by atoms with Gasteiger partial charge in [-0.05, 0) is 53.9 Å². The summed E-state index contributed by atoms with van der Waals surface area (Å²) in [4.78, 5) is 5.19. The van der Waals surface area contributed by atoms with Crippen LogP contribution in [0.2, 0.25) is 0 Å². The first-order valence-electron chi connectivity index (χ1n) is 7.26. The lowest BCUT2D eigenvalue weighted by Crippen LogP contribution is -2.02. The van der Waals surface area contributed by atoms with Crippen LogP contribution in [0.5, 0.6) is 0 Å². The number of benzene rings is 1. The zero-order valence-corrected chi connectivity index (χ0v) is 13.7. The van der Waals surface area contributed by atoms with Gasteiger partial charge in [0.05, 0.1) is 0 Å². The van der Waals surface area contributed by atoms with Crippen molar-refractivity contribution in [3.05, 3.63) is 59.9 Å². The van der Waals surface area contributed by atoms with Gasteiger partial charge >= 0.3 is 0 Å². The van der Waals surface area contributed by atoms with Crippen LogP contribution in [0, 0.1) is 11.8 Å². The van der Waals surface area contributed by atoms with E-state index in [-0.39, 0.29) is 0 Å². The van der Waals surface area contributed by atoms with Gasteiger partial charge in [-0.1, -0.05) is 32.6 Å². The van der Waals surface area contributed by atoms with E-state index >= 15 is 0 Å². The lowest BCUT2D eigenvalue weighted by atomic mass is 10.2. The van der Waals surface area contributed by atoms with Crippen LogP contribution in [0.4, 0.5) is 0 Å². The van der Waals surface area contributed by atoms with E-state index in [0.717, 1.165) is 18.5 Å². The minimum atomic E-state index is 0.824. The Bertz CT molecular complexity index is 553. The maximum atomic E-state index is 4.00. The Labute approximate surface area is 132 Å². The topological polar surface area (TPSA) is 24.9 Å². The predicted molar refractivity (Wildman–Crippen MR) is 91.9 cm³/mol. The van der Waals surface area contributed by atoms with E-state index in [1.165, 1.54) is 10.5 Å². The van der Waals surface area contributed by atoms with Gasteiger partial charge in [0.25, 0.3) is 0 Å². The van der Waals surface area contributed by atoms with Crippen molar-refractivity contribution in [2.24, 2.45) is 0 Å². The third-order valence-electron chi connectivity index (χ3n) is 2.48. The van der Waals surface area contributed by atoms with E-state index in [9.17, 15) is 0 Å². The molecule has 0 radical (unpaired) electrons. The van der Waals surface area contributed by atoms with Crippen LogP contribution < -0.4 is 4.72 Å². The number of rotatable bonds is 4. The second-order valence-corrected chi connectivity index (χ2v) is 4.92. The number of pyridine rings is 1. The molecule has 2 aromatic rings. The number of hydrogen-bond donors (Lipinski definition) is 1. The lowest BCUT2D eigenvalue weighted by Gasteiger charge is -2.04. The summed E-state index contributed by atoms with van der Waals surface area (Å²) in [6.45, 7) is 6.88. The molecule has 110 valence electrons. The standard InChI is InChI=1S/C16H16N2S.C2H6/c1-2-3-4-14-5-7-16(8-6-14)19-18-13-15-9-11-17-12-10-15;1-2/h5-12,18H,2,13H2,1H3;1-2H3. The minimum Gasteiger partial charge on any atom is -0.265 e. The molecule has 0 unspecified atom stereocenters. The highest BCUT2D eigenvalue weighted by Gasteiger charge is 1.95. The smallest absolute Gasteiger partial charge is 0.0314 e. The van der Waals surface area contributed by atoms with Crippen molar-refractivity contribution in [3.8, 4) is 11.8 Å². The van der Waals surface area contributed by atoms with Crippen molar-refractivity contribution in [1.29, 1.82) is 0 Å². The molecule has 0 amide bonds. The van der Waals surface area contributed by atoms with E-state index in [2.05, 4.69) is 52.7 Å². The highest BCUT2D eigenvalue weighted by atomic mass is 32.2. The second kappa shape index (κ2) is 11.0. The Morgan fingerprint density at radius 3 is 2.33 bits per heavy atom. The third-order valence-corrected chi connectivity index (χ3v) is 3.28. The summed E-state index contributed by atoms with van der Waals surface area (Å²) in [6.07, 6.45) is 4.51. The van der Waals surface area contributed by atoms with Gasteiger partial charge < -0.3 is 0 Å². The number of hydrogen-bond acceptors (Lipinski definition) is 3. The summed E-state index contributed by atoms with van der Waals surface area (Å²) < 4.78 is 3.33. The molecule has 0 aliphatic rings. The fraction of sp³-hybridized carbons (Fsp3) is 0.278. The molecule has 2 rings (SSSR count). The van der Waals surface area contributed by atoms with Crippen molar-refractivity contribution in [1.82, 2.24) is 9.71 Å². The molecule has 0 saturated carbocycles. The minimum absolute atomic E-state index is 0.824. The molecule has 1 aromatic heterocycles. The molecule has 1 heterocycles. The molecule has 3 heteroatoms. The second-order valence-electron chi connectivity index (χ2n) is 3.96. The number of nitrogens with one attached hydrogen (secondary N) is 1. The fourth-order valence-electron chi connectivity index (χ4n) is 1.50. The Morgan fingerprint density at radius 2 is 1.71 bits per heavy atom. The van der Waals surface area contributed by atoms with Crippen molar-refractivity contribution in [3.63, 3.8) is 0 Å². The van der Waals surface area contributed by atoms with Crippen LogP contribution in [0.3, 0.4) is 0 Å². The predicted octanol–water partition coefficient (Wildman–Crippen LogP) is 4.67. The molecule has 0 fully saturated rings. The first kappa shape index (κ1) is 17.3. The summed E-state index contributed by atoms with van der Waals surface area (Å²) in [7, 11) is 0. The van der Waals surface area contributed by atoms with E-state index in [1.807, 2.05) is 38.4 Å². The lowest BCUT2D eigenvalue weighted by molar-refractivity contribution is 0.969. The van der Waals surface area contributed by atoms with Crippen molar-refractivity contribution in [2.75, 3.05) is 0 Å². The molecule has 0 saturated heterocycles. The zero-order chi connectivity index (χ0) is 15.3. The third kappa shape index (κ3) is 6.99. The SMILES string of the molecule is CC.CCC#Cc1ccc(SNCc2ccncc2)cc1. The first-order chi connectivity index (χ1) is 10.4. The van der Waals surface area contributed by atoms with Crippen LogP contribution in [0.1, 0.15) is 38.3 Å². The summed E-state index contributed by atoms with van der Waals surface area (Å²) in [5.41, 5.74) is 2.30. The molecule has 21 heavy (non-hydrogen) atoms. The largest absolute Gasteiger partial charge is 0.265 e.